The molecule has 150 valence electrons. The number of urea groups is 1. The maximum atomic E-state index is 12.9. The van der Waals surface area contributed by atoms with Gasteiger partial charge in [-0.3, -0.25) is 20.4 Å². The van der Waals surface area contributed by atoms with Gasteiger partial charge in [0.05, 0.1) is 0 Å². The van der Waals surface area contributed by atoms with Gasteiger partial charge < -0.3 is 5.32 Å². The van der Waals surface area contributed by atoms with Crippen LogP contribution in [0, 0.1) is 5.92 Å². The van der Waals surface area contributed by atoms with Gasteiger partial charge in [-0.25, -0.2) is 10.2 Å². The molecule has 1 saturated carbocycles. The lowest BCUT2D eigenvalue weighted by Gasteiger charge is -2.27. The smallest absolute Gasteiger partial charge is 0.322 e. The maximum absolute atomic E-state index is 12.9. The van der Waals surface area contributed by atoms with E-state index < -0.39 is 23.5 Å². The second-order valence-electron chi connectivity index (χ2n) is 8.19. The van der Waals surface area contributed by atoms with Crippen molar-refractivity contribution in [2.75, 3.05) is 0 Å². The number of nitrogens with zero attached hydrogens (tertiary/aromatic N) is 1. The van der Waals surface area contributed by atoms with Gasteiger partial charge in [-0.05, 0) is 38.2 Å². The van der Waals surface area contributed by atoms with Crippen LogP contribution >= 0.6 is 0 Å². The summed E-state index contributed by atoms with van der Waals surface area (Å²) in [5.74, 6) is -0.593. The summed E-state index contributed by atoms with van der Waals surface area (Å²) in [4.78, 5) is 38.0. The van der Waals surface area contributed by atoms with Crippen LogP contribution in [0.3, 0.4) is 0 Å². The fraction of sp³-hybridized carbons (Fsp3) is 0.550. The summed E-state index contributed by atoms with van der Waals surface area (Å²) in [6.45, 7) is 1.70. The van der Waals surface area contributed by atoms with Gasteiger partial charge in [0, 0.05) is 12.0 Å². The minimum absolute atomic E-state index is 0.180. The topological polar surface area (TPSA) is 103 Å². The summed E-state index contributed by atoms with van der Waals surface area (Å²) >= 11 is 0. The third-order valence-corrected chi connectivity index (χ3v) is 6.19. The van der Waals surface area contributed by atoms with E-state index in [0.29, 0.717) is 12.8 Å². The number of rotatable bonds is 5. The SMILES string of the molecule is CC1(CCc2ccccc2)NC(=O)N(NC(=O)C2NNC3CCCCC32)C1=O. The van der Waals surface area contributed by atoms with Gasteiger partial charge in [0.1, 0.15) is 11.6 Å². The van der Waals surface area contributed by atoms with Gasteiger partial charge in [0.15, 0.2) is 0 Å². The van der Waals surface area contributed by atoms with Crippen LogP contribution in [-0.4, -0.2) is 40.5 Å². The van der Waals surface area contributed by atoms with Gasteiger partial charge in [-0.1, -0.05) is 43.2 Å². The van der Waals surface area contributed by atoms with E-state index >= 15 is 0 Å². The van der Waals surface area contributed by atoms with Gasteiger partial charge in [-0.2, -0.15) is 5.01 Å². The highest BCUT2D eigenvalue weighted by Crippen LogP contribution is 2.30. The summed E-state index contributed by atoms with van der Waals surface area (Å²) < 4.78 is 0. The fourth-order valence-electron chi connectivity index (χ4n) is 4.48. The van der Waals surface area contributed by atoms with Crippen LogP contribution in [0.4, 0.5) is 4.79 Å². The molecule has 4 rings (SSSR count). The lowest BCUT2D eigenvalue weighted by Crippen LogP contribution is -2.55. The summed E-state index contributed by atoms with van der Waals surface area (Å²) in [6, 6.07) is 9.05. The molecule has 0 spiro atoms. The van der Waals surface area contributed by atoms with Crippen molar-refractivity contribution in [2.24, 2.45) is 5.92 Å². The molecule has 4 atom stereocenters. The summed E-state index contributed by atoms with van der Waals surface area (Å²) in [7, 11) is 0. The molecule has 4 amide bonds. The first-order valence-corrected chi connectivity index (χ1v) is 10.0. The highest BCUT2D eigenvalue weighted by atomic mass is 16.2. The second-order valence-corrected chi connectivity index (χ2v) is 8.19. The molecule has 3 aliphatic rings. The number of nitrogens with one attached hydrogen (secondary N) is 4. The minimum Gasteiger partial charge on any atom is -0.322 e. The van der Waals surface area contributed by atoms with Crippen molar-refractivity contribution in [1.82, 2.24) is 26.6 Å². The Labute approximate surface area is 164 Å². The lowest BCUT2D eigenvalue weighted by molar-refractivity contribution is -0.140. The maximum Gasteiger partial charge on any atom is 0.344 e. The molecule has 0 bridgehead atoms. The standard InChI is InChI=1S/C20H27N5O3/c1-20(12-11-13-7-3-2-4-8-13)18(27)25(19(28)21-20)24-17(26)16-14-9-5-6-10-15(14)22-23-16/h2-4,7-8,14-16,22-23H,5-6,9-12H2,1H3,(H,21,28)(H,24,26). The first-order valence-electron chi connectivity index (χ1n) is 10.0. The molecule has 4 unspecified atom stereocenters. The van der Waals surface area contributed by atoms with Gasteiger partial charge in [0.2, 0.25) is 0 Å². The van der Waals surface area contributed by atoms with E-state index in [1.807, 2.05) is 30.3 Å². The monoisotopic (exact) mass is 385 g/mol. The highest BCUT2D eigenvalue weighted by molar-refractivity contribution is 6.08. The van der Waals surface area contributed by atoms with Crippen LogP contribution in [0.15, 0.2) is 30.3 Å². The number of hydrogen-bond acceptors (Lipinski definition) is 5. The molecule has 4 N–H and O–H groups in total. The predicted octanol–water partition coefficient (Wildman–Crippen LogP) is 0.996. The number of carbonyl (C=O) groups excluding carboxylic acids is 3. The number of fused-ring (bicyclic) bond motifs is 1. The van der Waals surface area contributed by atoms with Crippen LogP contribution < -0.4 is 21.6 Å². The average Bonchev–Trinajstić information content (AvgIpc) is 3.22. The first-order chi connectivity index (χ1) is 13.5. The highest BCUT2D eigenvalue weighted by Gasteiger charge is 2.50. The number of amides is 4. The molecule has 0 radical (unpaired) electrons. The molecular formula is C20H27N5O3. The fourth-order valence-corrected chi connectivity index (χ4v) is 4.48. The van der Waals surface area contributed by atoms with Crippen molar-refractivity contribution in [1.29, 1.82) is 0 Å². The number of hydrogen-bond donors (Lipinski definition) is 4. The zero-order chi connectivity index (χ0) is 19.7. The third-order valence-electron chi connectivity index (χ3n) is 6.19. The zero-order valence-electron chi connectivity index (χ0n) is 16.0. The Morgan fingerprint density at radius 3 is 2.71 bits per heavy atom. The van der Waals surface area contributed by atoms with Crippen molar-refractivity contribution >= 4 is 17.8 Å². The van der Waals surface area contributed by atoms with Crippen LogP contribution in [0.5, 0.6) is 0 Å². The van der Waals surface area contributed by atoms with E-state index in [2.05, 4.69) is 21.6 Å². The van der Waals surface area contributed by atoms with Crippen LogP contribution in [0.25, 0.3) is 0 Å². The van der Waals surface area contributed by atoms with Crippen molar-refractivity contribution in [3.63, 3.8) is 0 Å². The van der Waals surface area contributed by atoms with Crippen LogP contribution in [0.2, 0.25) is 0 Å². The molecule has 2 aliphatic heterocycles. The Balaban J connectivity index is 1.39. The molecule has 0 aromatic heterocycles. The Kier molecular flexibility index (Phi) is 5.07. The molecular weight excluding hydrogens is 358 g/mol. The second kappa shape index (κ2) is 7.52. The summed E-state index contributed by atoms with van der Waals surface area (Å²) in [5.41, 5.74) is 8.81. The third kappa shape index (κ3) is 3.49. The van der Waals surface area contributed by atoms with E-state index in [1.165, 1.54) is 0 Å². The Morgan fingerprint density at radius 1 is 1.18 bits per heavy atom. The Morgan fingerprint density at radius 2 is 1.93 bits per heavy atom. The largest absolute Gasteiger partial charge is 0.344 e. The van der Waals surface area contributed by atoms with Crippen LogP contribution in [0.1, 0.15) is 44.6 Å². The molecule has 1 aromatic carbocycles. The quantitative estimate of drug-likeness (QED) is 0.566. The molecule has 2 heterocycles. The van der Waals surface area contributed by atoms with Crippen molar-refractivity contribution in [3.8, 4) is 0 Å². The normalized spacial score (nSPS) is 32.2. The number of aryl methyl sites for hydroxylation is 1. The van der Waals surface area contributed by atoms with Crippen molar-refractivity contribution in [2.45, 2.75) is 63.1 Å². The van der Waals surface area contributed by atoms with E-state index in [4.69, 9.17) is 0 Å². The van der Waals surface area contributed by atoms with E-state index in [1.54, 1.807) is 6.92 Å². The van der Waals surface area contributed by atoms with Crippen LogP contribution in [-0.2, 0) is 16.0 Å². The lowest BCUT2D eigenvalue weighted by atomic mass is 9.81. The van der Waals surface area contributed by atoms with Crippen molar-refractivity contribution in [3.05, 3.63) is 35.9 Å². The van der Waals surface area contributed by atoms with E-state index in [0.717, 1.165) is 36.3 Å². The molecule has 8 heteroatoms. The van der Waals surface area contributed by atoms with Gasteiger partial charge in [0.25, 0.3) is 11.8 Å². The number of carbonyl (C=O) groups is 3. The number of benzene rings is 1. The van der Waals surface area contributed by atoms with E-state index in [-0.39, 0.29) is 17.9 Å². The molecule has 28 heavy (non-hydrogen) atoms. The zero-order valence-corrected chi connectivity index (χ0v) is 16.0. The molecule has 1 aliphatic carbocycles. The first kappa shape index (κ1) is 18.9. The van der Waals surface area contributed by atoms with Gasteiger partial charge >= 0.3 is 6.03 Å². The van der Waals surface area contributed by atoms with Gasteiger partial charge in [-0.15, -0.1) is 0 Å². The summed E-state index contributed by atoms with van der Waals surface area (Å²) in [5, 5.41) is 3.58. The average molecular weight is 385 g/mol. The molecule has 1 aromatic rings. The summed E-state index contributed by atoms with van der Waals surface area (Å²) in [6.07, 6.45) is 5.34. The molecule has 8 nitrogen and oxygen atoms in total. The number of imide groups is 1. The number of hydrazine groups is 2. The minimum atomic E-state index is -1.03. The Bertz CT molecular complexity index is 770. The Hall–Kier alpha value is -2.45. The van der Waals surface area contributed by atoms with Crippen molar-refractivity contribution < 1.29 is 14.4 Å². The molecule has 3 fully saturated rings. The molecule has 2 saturated heterocycles. The van der Waals surface area contributed by atoms with E-state index in [9.17, 15) is 14.4 Å². The predicted molar refractivity (Wildman–Crippen MR) is 102 cm³/mol.